The Hall–Kier alpha value is -2.91. The zero-order valence-electron chi connectivity index (χ0n) is 15.3. The van der Waals surface area contributed by atoms with E-state index in [1.54, 1.807) is 42.5 Å². The number of sulfonamides is 1. The molecule has 1 aliphatic heterocycles. The lowest BCUT2D eigenvalue weighted by Crippen LogP contribution is -2.57. The zero-order valence-corrected chi connectivity index (χ0v) is 16.1. The van der Waals surface area contributed by atoms with Gasteiger partial charge in [-0.05, 0) is 24.3 Å². The summed E-state index contributed by atoms with van der Waals surface area (Å²) in [6, 6.07) is 13.5. The molecule has 2 N–H and O–H groups in total. The van der Waals surface area contributed by atoms with Crippen molar-refractivity contribution in [3.63, 3.8) is 0 Å². The summed E-state index contributed by atoms with van der Waals surface area (Å²) in [5, 5.41) is 5.30. The highest BCUT2D eigenvalue weighted by Gasteiger charge is 2.39. The minimum Gasteiger partial charge on any atom is -0.497 e. The number of carbonyl (C=O) groups excluding carboxylic acids is 2. The molecule has 0 bridgehead atoms. The summed E-state index contributed by atoms with van der Waals surface area (Å²) in [7, 11) is -2.39. The van der Waals surface area contributed by atoms with Gasteiger partial charge in [0.05, 0.1) is 18.4 Å². The van der Waals surface area contributed by atoms with Gasteiger partial charge in [0.1, 0.15) is 11.8 Å². The topological polar surface area (TPSA) is 105 Å². The number of carbonyl (C=O) groups is 2. The molecule has 2 aromatic carbocycles. The van der Waals surface area contributed by atoms with Gasteiger partial charge in [0.15, 0.2) is 0 Å². The van der Waals surface area contributed by atoms with Crippen molar-refractivity contribution in [2.24, 2.45) is 0 Å². The molecule has 1 aliphatic rings. The highest BCUT2D eigenvalue weighted by Crippen LogP contribution is 2.22. The number of methoxy groups -OCH3 is 1. The van der Waals surface area contributed by atoms with Gasteiger partial charge in [-0.15, -0.1) is 0 Å². The van der Waals surface area contributed by atoms with Gasteiger partial charge in [0, 0.05) is 24.8 Å². The molecule has 28 heavy (non-hydrogen) atoms. The van der Waals surface area contributed by atoms with Gasteiger partial charge >= 0.3 is 0 Å². The van der Waals surface area contributed by atoms with Crippen LogP contribution < -0.4 is 15.4 Å². The Labute approximate surface area is 163 Å². The van der Waals surface area contributed by atoms with Crippen LogP contribution in [0.3, 0.4) is 0 Å². The number of anilines is 1. The van der Waals surface area contributed by atoms with Crippen LogP contribution in [0.25, 0.3) is 0 Å². The maximum absolute atomic E-state index is 13.0. The molecule has 3 rings (SSSR count). The number of ether oxygens (including phenoxy) is 1. The van der Waals surface area contributed by atoms with Crippen molar-refractivity contribution in [3.8, 4) is 5.75 Å². The summed E-state index contributed by atoms with van der Waals surface area (Å²) in [4.78, 5) is 24.9. The van der Waals surface area contributed by atoms with E-state index in [1.807, 2.05) is 0 Å². The summed E-state index contributed by atoms with van der Waals surface area (Å²) in [6.07, 6.45) is -0.297. The van der Waals surface area contributed by atoms with Gasteiger partial charge in [0.25, 0.3) is 0 Å². The van der Waals surface area contributed by atoms with E-state index >= 15 is 0 Å². The lowest BCUT2D eigenvalue weighted by atomic mass is 10.1. The fourth-order valence-corrected chi connectivity index (χ4v) is 4.60. The first-order valence-electron chi connectivity index (χ1n) is 8.70. The fourth-order valence-electron chi connectivity index (χ4n) is 2.99. The van der Waals surface area contributed by atoms with Crippen molar-refractivity contribution in [2.75, 3.05) is 25.5 Å². The molecule has 0 aromatic heterocycles. The van der Waals surface area contributed by atoms with Crippen LogP contribution in [-0.4, -0.2) is 50.8 Å². The number of nitrogens with one attached hydrogen (secondary N) is 2. The van der Waals surface area contributed by atoms with Crippen LogP contribution in [0.1, 0.15) is 6.42 Å². The Morgan fingerprint density at radius 2 is 1.96 bits per heavy atom. The number of hydrogen-bond acceptors (Lipinski definition) is 5. The SMILES string of the molecule is COc1cccc(NC(=O)C[C@@H]2C(=O)NCCN2S(=O)(=O)c2ccccc2)c1. The molecular formula is C19H21N3O5S. The van der Waals surface area contributed by atoms with Gasteiger partial charge < -0.3 is 15.4 Å². The lowest BCUT2D eigenvalue weighted by molar-refractivity contribution is -0.130. The molecule has 2 aromatic rings. The van der Waals surface area contributed by atoms with Crippen LogP contribution >= 0.6 is 0 Å². The average molecular weight is 403 g/mol. The Balaban J connectivity index is 1.79. The second-order valence-corrected chi connectivity index (χ2v) is 8.11. The molecule has 1 fully saturated rings. The molecule has 1 atom stereocenters. The van der Waals surface area contributed by atoms with Crippen molar-refractivity contribution in [1.82, 2.24) is 9.62 Å². The lowest BCUT2D eigenvalue weighted by Gasteiger charge is -2.33. The normalized spacial score (nSPS) is 17.6. The summed E-state index contributed by atoms with van der Waals surface area (Å²) in [5.41, 5.74) is 0.498. The van der Waals surface area contributed by atoms with E-state index in [4.69, 9.17) is 4.74 Å². The molecule has 9 heteroatoms. The van der Waals surface area contributed by atoms with Crippen LogP contribution in [0, 0.1) is 0 Å². The highest BCUT2D eigenvalue weighted by atomic mass is 32.2. The second-order valence-electron chi connectivity index (χ2n) is 6.22. The van der Waals surface area contributed by atoms with Crippen LogP contribution in [-0.2, 0) is 19.6 Å². The van der Waals surface area contributed by atoms with Crippen molar-refractivity contribution in [1.29, 1.82) is 0 Å². The van der Waals surface area contributed by atoms with Gasteiger partial charge in [-0.1, -0.05) is 24.3 Å². The quantitative estimate of drug-likeness (QED) is 0.754. The molecule has 0 unspecified atom stereocenters. The summed E-state index contributed by atoms with van der Waals surface area (Å²) in [5.74, 6) is -0.392. The molecule has 0 spiro atoms. The molecule has 148 valence electrons. The van der Waals surface area contributed by atoms with Gasteiger partial charge in [-0.3, -0.25) is 9.59 Å². The maximum Gasteiger partial charge on any atom is 0.243 e. The van der Waals surface area contributed by atoms with Crippen LogP contribution in [0.5, 0.6) is 5.75 Å². The number of amides is 2. The zero-order chi connectivity index (χ0) is 20.1. The number of hydrogen-bond donors (Lipinski definition) is 2. The third-order valence-electron chi connectivity index (χ3n) is 4.36. The van der Waals surface area contributed by atoms with E-state index < -0.39 is 27.9 Å². The van der Waals surface area contributed by atoms with Crippen LogP contribution in [0.4, 0.5) is 5.69 Å². The van der Waals surface area contributed by atoms with E-state index in [1.165, 1.54) is 19.2 Å². The molecule has 0 radical (unpaired) electrons. The first-order chi connectivity index (χ1) is 13.4. The van der Waals surface area contributed by atoms with Crippen LogP contribution in [0.15, 0.2) is 59.5 Å². The summed E-state index contributed by atoms with van der Waals surface area (Å²) < 4.78 is 32.1. The van der Waals surface area contributed by atoms with Crippen LogP contribution in [0.2, 0.25) is 0 Å². The number of nitrogens with zero attached hydrogens (tertiary/aromatic N) is 1. The Kier molecular flexibility index (Phi) is 5.96. The van der Waals surface area contributed by atoms with Crippen molar-refractivity contribution in [3.05, 3.63) is 54.6 Å². The highest BCUT2D eigenvalue weighted by molar-refractivity contribution is 7.89. The molecule has 0 saturated carbocycles. The Morgan fingerprint density at radius 1 is 1.21 bits per heavy atom. The fraction of sp³-hybridized carbons (Fsp3) is 0.263. The molecule has 8 nitrogen and oxygen atoms in total. The predicted molar refractivity (Wildman–Crippen MR) is 103 cm³/mol. The summed E-state index contributed by atoms with van der Waals surface area (Å²) in [6.45, 7) is 0.291. The van der Waals surface area contributed by atoms with E-state index in [0.717, 1.165) is 4.31 Å². The number of piperazine rings is 1. The molecule has 2 amide bonds. The Bertz CT molecular complexity index is 963. The first-order valence-corrected chi connectivity index (χ1v) is 10.1. The first kappa shape index (κ1) is 19.8. The molecular weight excluding hydrogens is 382 g/mol. The molecule has 1 heterocycles. The minimum atomic E-state index is -3.90. The minimum absolute atomic E-state index is 0.0860. The van der Waals surface area contributed by atoms with Gasteiger partial charge in [0.2, 0.25) is 21.8 Å². The maximum atomic E-state index is 13.0. The van der Waals surface area contributed by atoms with Gasteiger partial charge in [-0.2, -0.15) is 4.31 Å². The predicted octanol–water partition coefficient (Wildman–Crippen LogP) is 1.21. The summed E-state index contributed by atoms with van der Waals surface area (Å²) >= 11 is 0. The largest absolute Gasteiger partial charge is 0.497 e. The van der Waals surface area contributed by atoms with E-state index in [0.29, 0.717) is 11.4 Å². The van der Waals surface area contributed by atoms with Gasteiger partial charge in [-0.25, -0.2) is 8.42 Å². The smallest absolute Gasteiger partial charge is 0.243 e. The monoisotopic (exact) mass is 403 g/mol. The number of rotatable bonds is 6. The molecule has 0 aliphatic carbocycles. The second kappa shape index (κ2) is 8.41. The van der Waals surface area contributed by atoms with Crippen molar-refractivity contribution < 1.29 is 22.7 Å². The Morgan fingerprint density at radius 3 is 2.68 bits per heavy atom. The number of benzene rings is 2. The standard InChI is InChI=1S/C19H21N3O5S/c1-27-15-7-5-6-14(12-15)21-18(23)13-17-19(24)20-10-11-22(17)28(25,26)16-8-3-2-4-9-16/h2-9,12,17H,10-11,13H2,1H3,(H,20,24)(H,21,23)/t17-/m1/s1. The average Bonchev–Trinajstić information content (AvgIpc) is 2.70. The van der Waals surface area contributed by atoms with E-state index in [-0.39, 0.29) is 24.4 Å². The third kappa shape index (κ3) is 4.32. The van der Waals surface area contributed by atoms with Crippen molar-refractivity contribution >= 4 is 27.5 Å². The van der Waals surface area contributed by atoms with Crippen molar-refractivity contribution in [2.45, 2.75) is 17.4 Å². The third-order valence-corrected chi connectivity index (χ3v) is 6.29. The van der Waals surface area contributed by atoms with E-state index in [9.17, 15) is 18.0 Å². The van der Waals surface area contributed by atoms with E-state index in [2.05, 4.69) is 10.6 Å². The molecule has 1 saturated heterocycles.